The van der Waals surface area contributed by atoms with Crippen LogP contribution in [0.25, 0.3) is 0 Å². The third-order valence-electron chi connectivity index (χ3n) is 6.84. The van der Waals surface area contributed by atoms with E-state index in [1.807, 2.05) is 16.7 Å². The zero-order valence-corrected chi connectivity index (χ0v) is 18.7. The third-order valence-corrected chi connectivity index (χ3v) is 6.84. The lowest BCUT2D eigenvalue weighted by atomic mass is 9.88. The zero-order chi connectivity index (χ0) is 22.6. The van der Waals surface area contributed by atoms with Crippen LogP contribution in [0.3, 0.4) is 0 Å². The van der Waals surface area contributed by atoms with E-state index < -0.39 is 6.43 Å². The van der Waals surface area contributed by atoms with Crippen LogP contribution < -0.4 is 4.90 Å². The van der Waals surface area contributed by atoms with Gasteiger partial charge in [-0.05, 0) is 44.0 Å². The van der Waals surface area contributed by atoms with Gasteiger partial charge in [0.1, 0.15) is 5.69 Å². The highest BCUT2D eigenvalue weighted by atomic mass is 19.3. The lowest BCUT2D eigenvalue weighted by Crippen LogP contribution is -2.48. The molecule has 0 saturated carbocycles. The van der Waals surface area contributed by atoms with Crippen molar-refractivity contribution in [2.45, 2.75) is 65.3 Å². The Morgan fingerprint density at radius 2 is 2.03 bits per heavy atom. The summed E-state index contributed by atoms with van der Waals surface area (Å²) in [6.07, 6.45) is 0.136. The van der Waals surface area contributed by atoms with Gasteiger partial charge in [-0.3, -0.25) is 14.8 Å². The molecular weight excluding hydrogens is 414 g/mol. The van der Waals surface area contributed by atoms with Crippen molar-refractivity contribution >= 4 is 11.6 Å². The highest BCUT2D eigenvalue weighted by Crippen LogP contribution is 2.37. The van der Waals surface area contributed by atoms with Gasteiger partial charge in [-0.1, -0.05) is 0 Å². The molecule has 0 aromatic carbocycles. The summed E-state index contributed by atoms with van der Waals surface area (Å²) in [4.78, 5) is 25.5. The number of amides is 1. The number of halogens is 2. The topological polar surface area (TPSA) is 58.6 Å². The van der Waals surface area contributed by atoms with Crippen molar-refractivity contribution < 1.29 is 18.3 Å². The van der Waals surface area contributed by atoms with Crippen LogP contribution >= 0.6 is 0 Å². The molecule has 32 heavy (non-hydrogen) atoms. The SMILES string of the molecule is Cc1nc2c(c3c1COC(C)(C)C3)CN(C(=O)CC1CN(c3ccnc(C(F)F)c3)C1)C2. The number of rotatable bonds is 4. The van der Waals surface area contributed by atoms with Crippen LogP contribution in [0, 0.1) is 12.8 Å². The summed E-state index contributed by atoms with van der Waals surface area (Å²) in [7, 11) is 0. The molecule has 1 amide bonds. The van der Waals surface area contributed by atoms with Gasteiger partial charge in [0.25, 0.3) is 6.43 Å². The van der Waals surface area contributed by atoms with Crippen LogP contribution in [-0.2, 0) is 35.6 Å². The van der Waals surface area contributed by atoms with Gasteiger partial charge in [0.2, 0.25) is 5.91 Å². The minimum atomic E-state index is -2.58. The summed E-state index contributed by atoms with van der Waals surface area (Å²) in [6.45, 7) is 9.35. The Balaban J connectivity index is 1.22. The maximum atomic E-state index is 13.0. The number of carbonyl (C=O) groups excluding carboxylic acids is 1. The van der Waals surface area contributed by atoms with Crippen molar-refractivity contribution in [1.29, 1.82) is 0 Å². The minimum absolute atomic E-state index is 0.133. The smallest absolute Gasteiger partial charge is 0.280 e. The Hall–Kier alpha value is -2.61. The summed E-state index contributed by atoms with van der Waals surface area (Å²) in [6, 6.07) is 3.17. The van der Waals surface area contributed by atoms with Gasteiger partial charge in [0.15, 0.2) is 0 Å². The fourth-order valence-electron chi connectivity index (χ4n) is 5.02. The van der Waals surface area contributed by atoms with Crippen LogP contribution in [0.5, 0.6) is 0 Å². The third kappa shape index (κ3) is 3.85. The molecule has 2 aromatic heterocycles. The fraction of sp³-hybridized carbons (Fsp3) is 0.542. The second kappa shape index (κ2) is 7.76. The molecule has 2 aromatic rings. The number of aromatic nitrogens is 2. The van der Waals surface area contributed by atoms with E-state index >= 15 is 0 Å². The van der Waals surface area contributed by atoms with E-state index in [-0.39, 0.29) is 23.1 Å². The Kier molecular flexibility index (Phi) is 5.15. The molecule has 8 heteroatoms. The first-order chi connectivity index (χ1) is 15.2. The highest BCUT2D eigenvalue weighted by molar-refractivity contribution is 5.78. The monoisotopic (exact) mass is 442 g/mol. The molecule has 5 rings (SSSR count). The number of carbonyl (C=O) groups is 1. The molecule has 1 fully saturated rings. The Bertz CT molecular complexity index is 1070. The van der Waals surface area contributed by atoms with E-state index in [4.69, 9.17) is 9.72 Å². The number of ether oxygens (including phenoxy) is 1. The Morgan fingerprint density at radius 3 is 2.78 bits per heavy atom. The first-order valence-corrected chi connectivity index (χ1v) is 11.1. The highest BCUT2D eigenvalue weighted by Gasteiger charge is 2.36. The molecule has 0 radical (unpaired) electrons. The van der Waals surface area contributed by atoms with Crippen molar-refractivity contribution in [2.75, 3.05) is 18.0 Å². The van der Waals surface area contributed by atoms with Gasteiger partial charge < -0.3 is 14.5 Å². The lowest BCUT2D eigenvalue weighted by molar-refractivity contribution is -0.133. The molecule has 170 valence electrons. The first kappa shape index (κ1) is 21.2. The molecule has 6 nitrogen and oxygen atoms in total. The molecule has 0 unspecified atom stereocenters. The number of fused-ring (bicyclic) bond motifs is 3. The van der Waals surface area contributed by atoms with Gasteiger partial charge in [-0.25, -0.2) is 8.78 Å². The van der Waals surface area contributed by atoms with Crippen molar-refractivity contribution in [3.05, 3.63) is 52.1 Å². The fourth-order valence-corrected chi connectivity index (χ4v) is 5.02. The average molecular weight is 443 g/mol. The standard InChI is InChI=1S/C24H28F2N4O2/c1-14-19-13-32-24(2,3)8-17(19)18-11-30(12-21(18)28-14)22(31)6-15-9-29(10-15)16-4-5-27-20(7-16)23(25)26/h4-5,7,15,23H,6,8-13H2,1-3H3. The van der Waals surface area contributed by atoms with Crippen LogP contribution in [-0.4, -0.2) is 39.5 Å². The first-order valence-electron chi connectivity index (χ1n) is 11.1. The van der Waals surface area contributed by atoms with Crippen molar-refractivity contribution in [3.63, 3.8) is 0 Å². The van der Waals surface area contributed by atoms with Gasteiger partial charge in [0, 0.05) is 61.5 Å². The summed E-state index contributed by atoms with van der Waals surface area (Å²) in [5.74, 6) is 0.360. The Morgan fingerprint density at radius 1 is 1.25 bits per heavy atom. The number of pyridine rings is 2. The quantitative estimate of drug-likeness (QED) is 0.718. The second-order valence-electron chi connectivity index (χ2n) is 9.77. The second-order valence-corrected chi connectivity index (χ2v) is 9.77. The Labute approximate surface area is 186 Å². The number of nitrogens with zero attached hydrogens (tertiary/aromatic N) is 4. The predicted molar refractivity (Wildman–Crippen MR) is 115 cm³/mol. The van der Waals surface area contributed by atoms with E-state index in [9.17, 15) is 13.6 Å². The zero-order valence-electron chi connectivity index (χ0n) is 18.7. The van der Waals surface area contributed by atoms with Gasteiger partial charge in [-0.2, -0.15) is 0 Å². The number of alkyl halides is 2. The molecule has 0 spiro atoms. The van der Waals surface area contributed by atoms with Crippen molar-refractivity contribution in [1.82, 2.24) is 14.9 Å². The minimum Gasteiger partial charge on any atom is -0.371 e. The van der Waals surface area contributed by atoms with E-state index in [0.717, 1.165) is 23.5 Å². The largest absolute Gasteiger partial charge is 0.371 e. The van der Waals surface area contributed by atoms with Crippen LogP contribution in [0.4, 0.5) is 14.5 Å². The molecule has 0 atom stereocenters. The molecular formula is C24H28F2N4O2. The average Bonchev–Trinajstić information content (AvgIpc) is 3.14. The van der Waals surface area contributed by atoms with E-state index in [1.165, 1.54) is 29.0 Å². The lowest BCUT2D eigenvalue weighted by Gasteiger charge is -2.41. The van der Waals surface area contributed by atoms with Gasteiger partial charge >= 0.3 is 0 Å². The molecule has 3 aliphatic rings. The van der Waals surface area contributed by atoms with E-state index in [2.05, 4.69) is 18.8 Å². The molecule has 5 heterocycles. The van der Waals surface area contributed by atoms with Crippen LogP contribution in [0.2, 0.25) is 0 Å². The normalized spacial score (nSPS) is 19.7. The summed E-state index contributed by atoms with van der Waals surface area (Å²) in [5, 5.41) is 0. The van der Waals surface area contributed by atoms with E-state index in [0.29, 0.717) is 39.2 Å². The van der Waals surface area contributed by atoms with Crippen molar-refractivity contribution in [2.24, 2.45) is 5.92 Å². The predicted octanol–water partition coefficient (Wildman–Crippen LogP) is 3.94. The summed E-state index contributed by atoms with van der Waals surface area (Å²) < 4.78 is 31.8. The maximum absolute atomic E-state index is 13.0. The molecule has 0 N–H and O–H groups in total. The molecule has 0 aliphatic carbocycles. The number of hydrogen-bond donors (Lipinski definition) is 0. The van der Waals surface area contributed by atoms with Crippen LogP contribution in [0.1, 0.15) is 60.5 Å². The van der Waals surface area contributed by atoms with E-state index in [1.54, 1.807) is 6.07 Å². The molecule has 3 aliphatic heterocycles. The molecule has 1 saturated heterocycles. The molecule has 0 bridgehead atoms. The van der Waals surface area contributed by atoms with Gasteiger partial charge in [-0.15, -0.1) is 0 Å². The number of anilines is 1. The van der Waals surface area contributed by atoms with Gasteiger partial charge in [0.05, 0.1) is 24.4 Å². The van der Waals surface area contributed by atoms with Crippen LogP contribution in [0.15, 0.2) is 18.3 Å². The summed E-state index contributed by atoms with van der Waals surface area (Å²) >= 11 is 0. The number of hydrogen-bond acceptors (Lipinski definition) is 5. The summed E-state index contributed by atoms with van der Waals surface area (Å²) in [5.41, 5.74) is 6.01. The maximum Gasteiger partial charge on any atom is 0.280 e. The number of aryl methyl sites for hydroxylation is 1. The van der Waals surface area contributed by atoms with Crippen molar-refractivity contribution in [3.8, 4) is 0 Å².